The molecule has 0 aliphatic carbocycles. The second-order valence-electron chi connectivity index (χ2n) is 7.77. The number of aryl methyl sites for hydroxylation is 2. The van der Waals surface area contributed by atoms with Gasteiger partial charge in [-0.2, -0.15) is 0 Å². The second-order valence-corrected chi connectivity index (χ2v) is 12.3. The number of hydrogen-bond donors (Lipinski definition) is 0. The molecule has 0 saturated carbocycles. The zero-order valence-corrected chi connectivity index (χ0v) is 21.2. The van der Waals surface area contributed by atoms with Gasteiger partial charge in [-0.05, 0) is 74.2 Å². The first kappa shape index (κ1) is 22.0. The molecule has 0 amide bonds. The highest BCUT2D eigenvalue weighted by molar-refractivity contribution is 7.28. The van der Waals surface area contributed by atoms with Crippen molar-refractivity contribution in [2.24, 2.45) is 0 Å². The van der Waals surface area contributed by atoms with Gasteiger partial charge in [0.15, 0.2) is 0 Å². The molecule has 0 spiro atoms. The summed E-state index contributed by atoms with van der Waals surface area (Å²) in [6.45, 7) is 4.54. The summed E-state index contributed by atoms with van der Waals surface area (Å²) in [7, 11) is 0. The Morgan fingerprint density at radius 3 is 1.13 bits per heavy atom. The van der Waals surface area contributed by atoms with E-state index in [0.29, 0.717) is 0 Å². The predicted molar refractivity (Wildman–Crippen MR) is 141 cm³/mol. The van der Waals surface area contributed by atoms with Crippen LogP contribution in [0.5, 0.6) is 0 Å². The maximum absolute atomic E-state index is 2.33. The number of rotatable bonds is 11. The quantitative estimate of drug-likeness (QED) is 0.191. The van der Waals surface area contributed by atoms with Gasteiger partial charge in [0.2, 0.25) is 0 Å². The summed E-state index contributed by atoms with van der Waals surface area (Å²) in [5, 5.41) is 0. The van der Waals surface area contributed by atoms with Gasteiger partial charge in [0.05, 0.1) is 0 Å². The predicted octanol–water partition coefficient (Wildman–Crippen LogP) is 10.4. The second kappa shape index (κ2) is 10.9. The molecule has 4 aromatic heterocycles. The Balaban J connectivity index is 1.43. The molecule has 4 rings (SSSR count). The molecule has 0 N–H and O–H groups in total. The van der Waals surface area contributed by atoms with Crippen molar-refractivity contribution in [2.45, 2.75) is 65.2 Å². The maximum atomic E-state index is 2.33. The fourth-order valence-electron chi connectivity index (χ4n) is 3.59. The topological polar surface area (TPSA) is 0 Å². The number of thiophene rings is 4. The van der Waals surface area contributed by atoms with Gasteiger partial charge in [0, 0.05) is 39.0 Å². The highest BCUT2D eigenvalue weighted by atomic mass is 32.1. The van der Waals surface area contributed by atoms with E-state index in [1.165, 1.54) is 90.4 Å². The van der Waals surface area contributed by atoms with Crippen molar-refractivity contribution in [1.29, 1.82) is 0 Å². The third-order valence-corrected chi connectivity index (χ3v) is 10.4. The molecule has 0 atom stereocenters. The van der Waals surface area contributed by atoms with Gasteiger partial charge in [0.1, 0.15) is 0 Å². The van der Waals surface area contributed by atoms with Crippen LogP contribution in [-0.2, 0) is 12.8 Å². The largest absolute Gasteiger partial charge is 0.139 e. The SMILES string of the molecule is CCCCCc1ccc(-c2ccc(-c3ccc(-c4ccc(CCCCC)s4)s3)s2)s1. The molecule has 30 heavy (non-hydrogen) atoms. The molecule has 0 nitrogen and oxygen atoms in total. The lowest BCUT2D eigenvalue weighted by molar-refractivity contribution is 0.722. The molecular weight excluding hydrogens is 441 g/mol. The third-order valence-electron chi connectivity index (χ3n) is 5.32. The minimum absolute atomic E-state index is 1.23. The molecule has 0 aromatic carbocycles. The summed E-state index contributed by atoms with van der Waals surface area (Å²) in [4.78, 5) is 11.5. The van der Waals surface area contributed by atoms with E-state index in [4.69, 9.17) is 0 Å². The summed E-state index contributed by atoms with van der Waals surface area (Å²) in [6, 6.07) is 18.5. The van der Waals surface area contributed by atoms with E-state index in [-0.39, 0.29) is 0 Å². The van der Waals surface area contributed by atoms with Crippen molar-refractivity contribution in [3.8, 4) is 29.3 Å². The van der Waals surface area contributed by atoms with Gasteiger partial charge in [-0.15, -0.1) is 45.3 Å². The number of unbranched alkanes of at least 4 members (excludes halogenated alkanes) is 4. The highest BCUT2D eigenvalue weighted by Crippen LogP contribution is 2.43. The Kier molecular flexibility index (Phi) is 8.00. The van der Waals surface area contributed by atoms with Crippen LogP contribution in [0.4, 0.5) is 0 Å². The fraction of sp³-hybridized carbons (Fsp3) is 0.385. The van der Waals surface area contributed by atoms with Crippen molar-refractivity contribution >= 4 is 45.3 Å². The van der Waals surface area contributed by atoms with Crippen LogP contribution in [0.1, 0.15) is 62.1 Å². The van der Waals surface area contributed by atoms with E-state index in [1.807, 2.05) is 45.3 Å². The molecule has 4 heteroatoms. The summed E-state index contributed by atoms with van der Waals surface area (Å²) in [6.07, 6.45) is 10.3. The van der Waals surface area contributed by atoms with Gasteiger partial charge in [-0.3, -0.25) is 0 Å². The van der Waals surface area contributed by atoms with Crippen molar-refractivity contribution in [1.82, 2.24) is 0 Å². The van der Waals surface area contributed by atoms with E-state index in [0.717, 1.165) is 0 Å². The zero-order chi connectivity index (χ0) is 20.8. The number of hydrogen-bond acceptors (Lipinski definition) is 4. The lowest BCUT2D eigenvalue weighted by Gasteiger charge is -1.95. The van der Waals surface area contributed by atoms with Crippen molar-refractivity contribution < 1.29 is 0 Å². The van der Waals surface area contributed by atoms with Crippen LogP contribution in [0.15, 0.2) is 48.5 Å². The molecule has 0 unspecified atom stereocenters. The summed E-state index contributed by atoms with van der Waals surface area (Å²) in [5.74, 6) is 0. The average molecular weight is 471 g/mol. The molecule has 0 radical (unpaired) electrons. The summed E-state index contributed by atoms with van der Waals surface area (Å²) in [5.41, 5.74) is 0. The van der Waals surface area contributed by atoms with Gasteiger partial charge in [0.25, 0.3) is 0 Å². The van der Waals surface area contributed by atoms with Gasteiger partial charge in [-0.25, -0.2) is 0 Å². The van der Waals surface area contributed by atoms with Gasteiger partial charge >= 0.3 is 0 Å². The summed E-state index contributed by atoms with van der Waals surface area (Å²) >= 11 is 7.81. The lowest BCUT2D eigenvalue weighted by Crippen LogP contribution is -1.78. The Hall–Kier alpha value is -1.20. The standard InChI is InChI=1S/C26H30S4/c1-3-5-7-9-19-11-13-21(27-19)23-15-17-25(29-23)26-18-16-24(30-26)22-14-12-20(28-22)10-8-6-4-2/h11-18H,3-10H2,1-2H3. The first-order chi connectivity index (χ1) is 14.8. The van der Waals surface area contributed by atoms with Gasteiger partial charge < -0.3 is 0 Å². The van der Waals surface area contributed by atoms with Crippen LogP contribution in [0, 0.1) is 0 Å². The van der Waals surface area contributed by atoms with Crippen LogP contribution in [0.3, 0.4) is 0 Å². The van der Waals surface area contributed by atoms with Crippen LogP contribution in [0.25, 0.3) is 29.3 Å². The highest BCUT2D eigenvalue weighted by Gasteiger charge is 2.11. The summed E-state index contributed by atoms with van der Waals surface area (Å²) < 4.78 is 0. The minimum Gasteiger partial charge on any atom is -0.139 e. The van der Waals surface area contributed by atoms with Gasteiger partial charge in [-0.1, -0.05) is 39.5 Å². The van der Waals surface area contributed by atoms with Crippen LogP contribution in [-0.4, -0.2) is 0 Å². The molecule has 4 heterocycles. The molecular formula is C26H30S4. The molecule has 158 valence electrons. The molecule has 0 aliphatic heterocycles. The average Bonchev–Trinajstić information content (AvgIpc) is 3.53. The normalized spacial score (nSPS) is 11.4. The van der Waals surface area contributed by atoms with Crippen LogP contribution >= 0.6 is 45.3 Å². The van der Waals surface area contributed by atoms with E-state index >= 15 is 0 Å². The van der Waals surface area contributed by atoms with Crippen molar-refractivity contribution in [2.75, 3.05) is 0 Å². The molecule has 0 fully saturated rings. The van der Waals surface area contributed by atoms with E-state index < -0.39 is 0 Å². The Morgan fingerprint density at radius 1 is 0.433 bits per heavy atom. The Bertz CT molecular complexity index is 958. The zero-order valence-electron chi connectivity index (χ0n) is 17.9. The molecule has 0 aliphatic rings. The van der Waals surface area contributed by atoms with Crippen LogP contribution < -0.4 is 0 Å². The molecule has 0 bridgehead atoms. The van der Waals surface area contributed by atoms with Crippen molar-refractivity contribution in [3.63, 3.8) is 0 Å². The van der Waals surface area contributed by atoms with E-state index in [9.17, 15) is 0 Å². The van der Waals surface area contributed by atoms with Crippen LogP contribution in [0.2, 0.25) is 0 Å². The minimum atomic E-state index is 1.23. The Labute approximate surface area is 197 Å². The maximum Gasteiger partial charge on any atom is 0.0449 e. The lowest BCUT2D eigenvalue weighted by atomic mass is 10.2. The van der Waals surface area contributed by atoms with Crippen molar-refractivity contribution in [3.05, 3.63) is 58.3 Å². The smallest absolute Gasteiger partial charge is 0.0449 e. The van der Waals surface area contributed by atoms with E-state index in [1.54, 1.807) is 0 Å². The third kappa shape index (κ3) is 5.53. The van der Waals surface area contributed by atoms with E-state index in [2.05, 4.69) is 62.4 Å². The molecule has 4 aromatic rings. The molecule has 0 saturated heterocycles. The first-order valence-corrected chi connectivity index (χ1v) is 14.4. The monoisotopic (exact) mass is 470 g/mol. The first-order valence-electron chi connectivity index (χ1n) is 11.1. The fourth-order valence-corrected chi connectivity index (χ4v) is 7.98. The Morgan fingerprint density at radius 2 is 0.767 bits per heavy atom.